The van der Waals surface area contributed by atoms with E-state index in [9.17, 15) is 4.79 Å². The van der Waals surface area contributed by atoms with Gasteiger partial charge >= 0.3 is 6.03 Å². The smallest absolute Gasteiger partial charge is 0.318 e. The van der Waals surface area contributed by atoms with Crippen molar-refractivity contribution < 1.29 is 4.79 Å². The molecule has 4 heteroatoms. The third-order valence-electron chi connectivity index (χ3n) is 5.54. The van der Waals surface area contributed by atoms with Crippen LogP contribution in [-0.2, 0) is 6.42 Å². The molecular formula is C21H25N3O. The normalized spacial score (nSPS) is 23.0. The van der Waals surface area contributed by atoms with E-state index in [0.717, 1.165) is 32.2 Å². The number of carbonyl (C=O) groups excluding carboxylic acids is 1. The van der Waals surface area contributed by atoms with Gasteiger partial charge in [0.2, 0.25) is 0 Å². The minimum atomic E-state index is 0.0745. The Bertz CT molecular complexity index is 731. The number of aromatic nitrogens is 1. The molecule has 2 aromatic rings. The standard InChI is InChI=1S/C21H25N3O/c25-21(23-19-10-9-16-6-3-4-7-18(16)19)24-15-5-1-2-8-20(24)17-11-13-22-14-12-17/h3-4,6-7,11-14,19-20H,1-2,5,8-10,15H2,(H,23,25). The van der Waals surface area contributed by atoms with E-state index in [1.165, 1.54) is 29.5 Å². The molecule has 1 aromatic heterocycles. The number of nitrogens with zero attached hydrogens (tertiary/aromatic N) is 2. The lowest BCUT2D eigenvalue weighted by molar-refractivity contribution is 0.172. The van der Waals surface area contributed by atoms with Crippen molar-refractivity contribution in [2.24, 2.45) is 0 Å². The maximum absolute atomic E-state index is 13.1. The van der Waals surface area contributed by atoms with Crippen LogP contribution in [0.1, 0.15) is 60.9 Å². The van der Waals surface area contributed by atoms with Crippen LogP contribution in [0.15, 0.2) is 48.8 Å². The van der Waals surface area contributed by atoms with E-state index in [-0.39, 0.29) is 18.1 Å². The summed E-state index contributed by atoms with van der Waals surface area (Å²) in [5.41, 5.74) is 3.85. The van der Waals surface area contributed by atoms with Gasteiger partial charge < -0.3 is 10.2 Å². The predicted molar refractivity (Wildman–Crippen MR) is 98.2 cm³/mol. The molecule has 2 unspecified atom stereocenters. The van der Waals surface area contributed by atoms with Crippen LogP contribution in [0.2, 0.25) is 0 Å². The predicted octanol–water partition coefficient (Wildman–Crippen LogP) is 4.40. The Balaban J connectivity index is 1.53. The molecule has 130 valence electrons. The van der Waals surface area contributed by atoms with Crippen molar-refractivity contribution in [3.63, 3.8) is 0 Å². The quantitative estimate of drug-likeness (QED) is 0.884. The van der Waals surface area contributed by atoms with Gasteiger partial charge in [-0.3, -0.25) is 4.98 Å². The van der Waals surface area contributed by atoms with Crippen LogP contribution in [0.4, 0.5) is 4.79 Å². The van der Waals surface area contributed by atoms with Gasteiger partial charge in [0.25, 0.3) is 0 Å². The highest BCUT2D eigenvalue weighted by Crippen LogP contribution is 2.33. The number of amides is 2. The zero-order valence-electron chi connectivity index (χ0n) is 14.5. The Kier molecular flexibility index (Phi) is 4.68. The fourth-order valence-corrected chi connectivity index (χ4v) is 4.22. The summed E-state index contributed by atoms with van der Waals surface area (Å²) in [5.74, 6) is 0. The molecule has 2 heterocycles. The van der Waals surface area contributed by atoms with Gasteiger partial charge in [-0.2, -0.15) is 0 Å². The van der Waals surface area contributed by atoms with Crippen LogP contribution >= 0.6 is 0 Å². The summed E-state index contributed by atoms with van der Waals surface area (Å²) in [6, 6.07) is 12.9. The molecule has 4 rings (SSSR count). The topological polar surface area (TPSA) is 45.2 Å². The summed E-state index contributed by atoms with van der Waals surface area (Å²) < 4.78 is 0. The highest BCUT2D eigenvalue weighted by Gasteiger charge is 2.30. The third-order valence-corrected chi connectivity index (χ3v) is 5.54. The van der Waals surface area contributed by atoms with Gasteiger partial charge in [0.05, 0.1) is 12.1 Å². The molecule has 1 aromatic carbocycles. The highest BCUT2D eigenvalue weighted by atomic mass is 16.2. The van der Waals surface area contributed by atoms with Gasteiger partial charge in [-0.1, -0.05) is 37.1 Å². The zero-order valence-corrected chi connectivity index (χ0v) is 14.5. The number of hydrogen-bond acceptors (Lipinski definition) is 2. The second kappa shape index (κ2) is 7.26. The van der Waals surface area contributed by atoms with Gasteiger partial charge in [0.15, 0.2) is 0 Å². The molecule has 4 nitrogen and oxygen atoms in total. The maximum atomic E-state index is 13.1. The molecule has 1 aliphatic heterocycles. The Morgan fingerprint density at radius 1 is 1.04 bits per heavy atom. The number of rotatable bonds is 2. The Hall–Kier alpha value is -2.36. The largest absolute Gasteiger partial charge is 0.331 e. The van der Waals surface area contributed by atoms with Crippen LogP contribution in [-0.4, -0.2) is 22.5 Å². The van der Waals surface area contributed by atoms with Gasteiger partial charge in [-0.15, -0.1) is 0 Å². The van der Waals surface area contributed by atoms with Crippen molar-refractivity contribution in [3.05, 3.63) is 65.5 Å². The molecule has 25 heavy (non-hydrogen) atoms. The number of fused-ring (bicyclic) bond motifs is 1. The average Bonchev–Trinajstić information content (AvgIpc) is 2.90. The van der Waals surface area contributed by atoms with Gasteiger partial charge in [0, 0.05) is 18.9 Å². The van der Waals surface area contributed by atoms with E-state index < -0.39 is 0 Å². The van der Waals surface area contributed by atoms with Crippen LogP contribution in [0.5, 0.6) is 0 Å². The van der Waals surface area contributed by atoms with Crippen LogP contribution < -0.4 is 5.32 Å². The van der Waals surface area contributed by atoms with E-state index in [1.807, 2.05) is 29.4 Å². The van der Waals surface area contributed by atoms with Crippen molar-refractivity contribution in [1.82, 2.24) is 15.2 Å². The second-order valence-corrected chi connectivity index (χ2v) is 7.08. The molecule has 1 saturated heterocycles. The number of pyridine rings is 1. The lowest BCUT2D eigenvalue weighted by Gasteiger charge is -2.31. The number of urea groups is 1. The Labute approximate surface area is 149 Å². The minimum Gasteiger partial charge on any atom is -0.331 e. The van der Waals surface area contributed by atoms with Crippen LogP contribution in [0.3, 0.4) is 0 Å². The number of carbonyl (C=O) groups is 1. The highest BCUT2D eigenvalue weighted by molar-refractivity contribution is 5.75. The van der Waals surface area contributed by atoms with Crippen LogP contribution in [0.25, 0.3) is 0 Å². The number of aryl methyl sites for hydroxylation is 1. The molecule has 0 saturated carbocycles. The molecule has 0 radical (unpaired) electrons. The lowest BCUT2D eigenvalue weighted by Crippen LogP contribution is -2.43. The van der Waals surface area contributed by atoms with Crippen molar-refractivity contribution in [2.75, 3.05) is 6.54 Å². The van der Waals surface area contributed by atoms with E-state index in [4.69, 9.17) is 0 Å². The monoisotopic (exact) mass is 335 g/mol. The van der Waals surface area contributed by atoms with E-state index in [0.29, 0.717) is 0 Å². The second-order valence-electron chi connectivity index (χ2n) is 7.08. The first kappa shape index (κ1) is 16.1. The van der Waals surface area contributed by atoms with Crippen molar-refractivity contribution in [3.8, 4) is 0 Å². The van der Waals surface area contributed by atoms with E-state index in [2.05, 4.69) is 34.6 Å². The van der Waals surface area contributed by atoms with Crippen molar-refractivity contribution in [1.29, 1.82) is 0 Å². The molecule has 1 aliphatic carbocycles. The van der Waals surface area contributed by atoms with Crippen molar-refractivity contribution >= 4 is 6.03 Å². The summed E-state index contributed by atoms with van der Waals surface area (Å²) >= 11 is 0. The summed E-state index contributed by atoms with van der Waals surface area (Å²) in [6.45, 7) is 0.827. The number of likely N-dealkylation sites (tertiary alicyclic amines) is 1. The van der Waals surface area contributed by atoms with Crippen molar-refractivity contribution in [2.45, 2.75) is 50.6 Å². The molecule has 2 aliphatic rings. The summed E-state index contributed by atoms with van der Waals surface area (Å²) in [4.78, 5) is 19.3. The molecule has 2 amide bonds. The first-order valence-electron chi connectivity index (χ1n) is 9.38. The molecule has 0 bridgehead atoms. The first-order chi connectivity index (χ1) is 12.3. The molecule has 1 fully saturated rings. The van der Waals surface area contributed by atoms with Gasteiger partial charge in [-0.25, -0.2) is 4.79 Å². The van der Waals surface area contributed by atoms with E-state index in [1.54, 1.807) is 0 Å². The van der Waals surface area contributed by atoms with Crippen LogP contribution in [0, 0.1) is 0 Å². The minimum absolute atomic E-state index is 0.0745. The SMILES string of the molecule is O=C(NC1CCc2ccccc21)N1CCCCCC1c1ccncc1. The summed E-state index contributed by atoms with van der Waals surface area (Å²) in [7, 11) is 0. The fraction of sp³-hybridized carbons (Fsp3) is 0.429. The fourth-order valence-electron chi connectivity index (χ4n) is 4.22. The number of hydrogen-bond donors (Lipinski definition) is 1. The van der Waals surface area contributed by atoms with Gasteiger partial charge in [0.1, 0.15) is 0 Å². The summed E-state index contributed by atoms with van der Waals surface area (Å²) in [5, 5.41) is 3.30. The molecule has 0 spiro atoms. The van der Waals surface area contributed by atoms with E-state index >= 15 is 0 Å². The zero-order chi connectivity index (χ0) is 17.1. The number of nitrogens with one attached hydrogen (secondary N) is 1. The average molecular weight is 335 g/mol. The van der Waals surface area contributed by atoms with Gasteiger partial charge in [-0.05, 0) is 54.5 Å². The maximum Gasteiger partial charge on any atom is 0.318 e. The third kappa shape index (κ3) is 3.39. The molecular weight excluding hydrogens is 310 g/mol. The first-order valence-corrected chi connectivity index (χ1v) is 9.38. The summed E-state index contributed by atoms with van der Waals surface area (Å²) in [6.07, 6.45) is 10.2. The Morgan fingerprint density at radius 2 is 1.88 bits per heavy atom. The Morgan fingerprint density at radius 3 is 2.76 bits per heavy atom. The number of benzene rings is 1. The lowest BCUT2D eigenvalue weighted by atomic mass is 10.0. The molecule has 1 N–H and O–H groups in total. The molecule has 2 atom stereocenters.